The quantitative estimate of drug-likeness (QED) is 0.627. The van der Waals surface area contributed by atoms with Gasteiger partial charge in [-0.25, -0.2) is 4.79 Å². The molecule has 1 aliphatic heterocycles. The zero-order valence-corrected chi connectivity index (χ0v) is 9.74. The Morgan fingerprint density at radius 3 is 2.60 bits per heavy atom. The molecule has 4 heteroatoms. The van der Waals surface area contributed by atoms with E-state index in [-0.39, 0.29) is 12.2 Å². The normalized spacial score (nSPS) is 22.7. The zero-order chi connectivity index (χ0) is 10.8. The van der Waals surface area contributed by atoms with Gasteiger partial charge in [0.2, 0.25) is 0 Å². The molecule has 0 saturated carbocycles. The molecule has 1 aliphatic rings. The van der Waals surface area contributed by atoms with Gasteiger partial charge in [0, 0.05) is 4.47 Å². The van der Waals surface area contributed by atoms with Crippen molar-refractivity contribution in [3.05, 3.63) is 40.0 Å². The topological polar surface area (TPSA) is 38.3 Å². The lowest BCUT2D eigenvalue weighted by Gasteiger charge is -1.98. The number of carbonyl (C=O) groups is 1. The molecular weight excluding hydrogens is 258 g/mol. The molecule has 1 fully saturated rings. The average Bonchev–Trinajstić information content (AvgIpc) is 2.49. The third-order valence-electron chi connectivity index (χ3n) is 2.04. The minimum Gasteiger partial charge on any atom is -0.437 e. The molecule has 1 heterocycles. The third kappa shape index (κ3) is 2.39. The van der Waals surface area contributed by atoms with Crippen molar-refractivity contribution in [2.75, 3.05) is 0 Å². The lowest BCUT2D eigenvalue weighted by molar-refractivity contribution is -0.138. The largest absolute Gasteiger partial charge is 0.437 e. The molecule has 15 heavy (non-hydrogen) atoms. The number of esters is 1. The summed E-state index contributed by atoms with van der Waals surface area (Å²) in [5, 5.41) is 2.94. The van der Waals surface area contributed by atoms with Crippen LogP contribution in [0.25, 0.3) is 6.08 Å². The summed E-state index contributed by atoms with van der Waals surface area (Å²) in [6, 6.07) is 7.70. The Morgan fingerprint density at radius 1 is 1.40 bits per heavy atom. The van der Waals surface area contributed by atoms with Crippen molar-refractivity contribution in [1.82, 2.24) is 5.32 Å². The van der Waals surface area contributed by atoms with Crippen molar-refractivity contribution in [3.8, 4) is 0 Å². The molecule has 1 aromatic carbocycles. The van der Waals surface area contributed by atoms with Gasteiger partial charge >= 0.3 is 5.97 Å². The first-order chi connectivity index (χ1) is 7.15. The number of rotatable bonds is 1. The Balaban J connectivity index is 2.23. The Kier molecular flexibility index (Phi) is 2.77. The highest BCUT2D eigenvalue weighted by atomic mass is 79.9. The first kappa shape index (κ1) is 10.2. The van der Waals surface area contributed by atoms with Gasteiger partial charge in [0.25, 0.3) is 0 Å². The monoisotopic (exact) mass is 267 g/mol. The van der Waals surface area contributed by atoms with Crippen LogP contribution in [0.4, 0.5) is 0 Å². The van der Waals surface area contributed by atoms with Gasteiger partial charge in [0.15, 0.2) is 6.23 Å². The van der Waals surface area contributed by atoms with E-state index in [1.54, 1.807) is 13.0 Å². The molecule has 0 aliphatic carbocycles. The van der Waals surface area contributed by atoms with Crippen LogP contribution in [0.3, 0.4) is 0 Å². The third-order valence-corrected chi connectivity index (χ3v) is 2.57. The van der Waals surface area contributed by atoms with Gasteiger partial charge in [0.1, 0.15) is 5.70 Å². The van der Waals surface area contributed by atoms with Crippen molar-refractivity contribution in [2.24, 2.45) is 0 Å². The Labute approximate surface area is 96.3 Å². The lowest BCUT2D eigenvalue weighted by Crippen LogP contribution is -2.16. The highest BCUT2D eigenvalue weighted by molar-refractivity contribution is 9.10. The van der Waals surface area contributed by atoms with Crippen LogP contribution < -0.4 is 5.32 Å². The van der Waals surface area contributed by atoms with Crippen molar-refractivity contribution in [2.45, 2.75) is 13.2 Å². The molecule has 78 valence electrons. The maximum absolute atomic E-state index is 11.3. The fourth-order valence-electron chi connectivity index (χ4n) is 1.36. The molecule has 3 nitrogen and oxygen atoms in total. The Bertz CT molecular complexity index is 411. The number of cyclic esters (lactones) is 1. The van der Waals surface area contributed by atoms with E-state index in [1.165, 1.54) is 0 Å². The molecule has 0 aromatic heterocycles. The van der Waals surface area contributed by atoms with Gasteiger partial charge in [-0.2, -0.15) is 0 Å². The van der Waals surface area contributed by atoms with Crippen LogP contribution in [0.2, 0.25) is 0 Å². The van der Waals surface area contributed by atoms with Gasteiger partial charge in [-0.3, -0.25) is 0 Å². The Hall–Kier alpha value is -1.29. The smallest absolute Gasteiger partial charge is 0.356 e. The maximum atomic E-state index is 11.3. The van der Waals surface area contributed by atoms with E-state index in [0.717, 1.165) is 10.0 Å². The predicted molar refractivity (Wildman–Crippen MR) is 60.8 cm³/mol. The second-order valence-electron chi connectivity index (χ2n) is 3.30. The van der Waals surface area contributed by atoms with E-state index >= 15 is 0 Å². The molecule has 1 saturated heterocycles. The van der Waals surface area contributed by atoms with Gasteiger partial charge in [0.05, 0.1) is 0 Å². The first-order valence-electron chi connectivity index (χ1n) is 4.60. The van der Waals surface area contributed by atoms with E-state index in [4.69, 9.17) is 4.74 Å². The van der Waals surface area contributed by atoms with Crippen LogP contribution in [-0.4, -0.2) is 12.2 Å². The number of carbonyl (C=O) groups excluding carboxylic acids is 1. The summed E-state index contributed by atoms with van der Waals surface area (Å²) in [4.78, 5) is 11.3. The summed E-state index contributed by atoms with van der Waals surface area (Å²) in [5.41, 5.74) is 1.47. The number of hydrogen-bond donors (Lipinski definition) is 1. The van der Waals surface area contributed by atoms with Crippen molar-refractivity contribution in [1.29, 1.82) is 0 Å². The minimum atomic E-state index is -0.301. The van der Waals surface area contributed by atoms with Crippen LogP contribution in [0.1, 0.15) is 12.5 Å². The van der Waals surface area contributed by atoms with E-state index < -0.39 is 0 Å². The van der Waals surface area contributed by atoms with Gasteiger partial charge in [-0.05, 0) is 30.7 Å². The van der Waals surface area contributed by atoms with E-state index in [1.807, 2.05) is 24.3 Å². The molecule has 0 radical (unpaired) electrons. The molecule has 0 bridgehead atoms. The molecule has 0 spiro atoms. The number of halogens is 1. The lowest BCUT2D eigenvalue weighted by atomic mass is 10.2. The SMILES string of the molecule is CC1N/C(=C/c2ccc(Br)cc2)C(=O)O1. The molecule has 0 amide bonds. The van der Waals surface area contributed by atoms with Gasteiger partial charge in [-0.1, -0.05) is 28.1 Å². The van der Waals surface area contributed by atoms with Crippen LogP contribution in [-0.2, 0) is 9.53 Å². The Morgan fingerprint density at radius 2 is 2.07 bits per heavy atom. The summed E-state index contributed by atoms with van der Waals surface area (Å²) < 4.78 is 5.96. The molecule has 1 aromatic rings. The van der Waals surface area contributed by atoms with Crippen LogP contribution >= 0.6 is 15.9 Å². The molecule has 1 unspecified atom stereocenters. The summed E-state index contributed by atoms with van der Waals surface area (Å²) in [6.07, 6.45) is 1.54. The highest BCUT2D eigenvalue weighted by Gasteiger charge is 2.23. The maximum Gasteiger partial charge on any atom is 0.356 e. The van der Waals surface area contributed by atoms with Gasteiger partial charge < -0.3 is 10.1 Å². The van der Waals surface area contributed by atoms with Crippen LogP contribution in [0.15, 0.2) is 34.4 Å². The van der Waals surface area contributed by atoms with Crippen molar-refractivity contribution in [3.63, 3.8) is 0 Å². The summed E-state index contributed by atoms with van der Waals surface area (Å²) in [6.45, 7) is 1.79. The zero-order valence-electron chi connectivity index (χ0n) is 8.16. The minimum absolute atomic E-state index is 0.237. The van der Waals surface area contributed by atoms with Gasteiger partial charge in [-0.15, -0.1) is 0 Å². The molecule has 1 atom stereocenters. The second kappa shape index (κ2) is 4.06. The summed E-state index contributed by atoms with van der Waals surface area (Å²) >= 11 is 3.35. The average molecular weight is 268 g/mol. The van der Waals surface area contributed by atoms with E-state index in [9.17, 15) is 4.79 Å². The number of hydrogen-bond acceptors (Lipinski definition) is 3. The van der Waals surface area contributed by atoms with E-state index in [2.05, 4.69) is 21.2 Å². The van der Waals surface area contributed by atoms with Crippen LogP contribution in [0, 0.1) is 0 Å². The predicted octanol–water partition coefficient (Wildman–Crippen LogP) is 2.28. The molecule has 1 N–H and O–H groups in total. The van der Waals surface area contributed by atoms with Crippen LogP contribution in [0.5, 0.6) is 0 Å². The van der Waals surface area contributed by atoms with Crippen molar-refractivity contribution >= 4 is 28.0 Å². The first-order valence-corrected chi connectivity index (χ1v) is 5.39. The second-order valence-corrected chi connectivity index (χ2v) is 4.22. The summed E-state index contributed by atoms with van der Waals surface area (Å²) in [5.74, 6) is -0.301. The number of nitrogens with one attached hydrogen (secondary N) is 1. The fourth-order valence-corrected chi connectivity index (χ4v) is 1.62. The van der Waals surface area contributed by atoms with Crippen molar-refractivity contribution < 1.29 is 9.53 Å². The summed E-state index contributed by atoms with van der Waals surface area (Å²) in [7, 11) is 0. The highest BCUT2D eigenvalue weighted by Crippen LogP contribution is 2.15. The molecular formula is C11H10BrNO2. The van der Waals surface area contributed by atoms with E-state index in [0.29, 0.717) is 5.70 Å². The standard InChI is InChI=1S/C11H10BrNO2/c1-7-13-10(11(14)15-7)6-8-2-4-9(12)5-3-8/h2-7,13H,1H3/b10-6+. The fraction of sp³-hybridized carbons (Fsp3) is 0.182. The number of ether oxygens (including phenoxy) is 1. The number of benzene rings is 1. The molecule has 2 rings (SSSR count).